The lowest BCUT2D eigenvalue weighted by atomic mass is 10.8. The van der Waals surface area contributed by atoms with Gasteiger partial charge in [-0.2, -0.15) is 8.42 Å². The lowest BCUT2D eigenvalue weighted by molar-refractivity contribution is -0.248. The van der Waals surface area contributed by atoms with Gasteiger partial charge in [0.05, 0.1) is 6.26 Å². The minimum absolute atomic E-state index is 0.552. The zero-order valence-corrected chi connectivity index (χ0v) is 6.27. The van der Waals surface area contributed by atoms with Gasteiger partial charge in [0, 0.05) is 6.92 Å². The Morgan fingerprint density at radius 2 is 2.00 bits per heavy atom. The van der Waals surface area contributed by atoms with E-state index in [4.69, 9.17) is 0 Å². The Kier molecular flexibility index (Phi) is 3.26. The van der Waals surface area contributed by atoms with Crippen molar-refractivity contribution in [3.8, 4) is 0 Å². The van der Waals surface area contributed by atoms with Crippen LogP contribution in [0.2, 0.25) is 0 Å². The first-order chi connectivity index (χ1) is 4.42. The SMILES string of the molecule is CC(=O)NOOS(C)(=O)=O. The second kappa shape index (κ2) is 3.49. The van der Waals surface area contributed by atoms with E-state index in [0.717, 1.165) is 13.2 Å². The summed E-state index contributed by atoms with van der Waals surface area (Å²) in [5, 5.41) is 0. The summed E-state index contributed by atoms with van der Waals surface area (Å²) in [7, 11) is -3.66. The molecular weight excluding hydrogens is 162 g/mol. The van der Waals surface area contributed by atoms with Gasteiger partial charge in [0.25, 0.3) is 10.1 Å². The van der Waals surface area contributed by atoms with E-state index in [1.165, 1.54) is 0 Å². The first kappa shape index (κ1) is 9.34. The van der Waals surface area contributed by atoms with Crippen LogP contribution in [-0.4, -0.2) is 20.6 Å². The molecule has 0 radical (unpaired) electrons. The third-order valence-corrected chi connectivity index (χ3v) is 0.658. The molecule has 0 unspecified atom stereocenters. The average molecular weight is 169 g/mol. The maximum atomic E-state index is 10.1. The molecule has 0 saturated heterocycles. The van der Waals surface area contributed by atoms with Crippen molar-refractivity contribution in [1.29, 1.82) is 0 Å². The normalized spacial score (nSPS) is 11.0. The average Bonchev–Trinajstić information content (AvgIpc) is 1.59. The van der Waals surface area contributed by atoms with Gasteiger partial charge in [0.2, 0.25) is 5.91 Å². The molecule has 0 aromatic carbocycles. The fourth-order valence-corrected chi connectivity index (χ4v) is 0.295. The molecule has 0 saturated carbocycles. The van der Waals surface area contributed by atoms with Gasteiger partial charge in [0.1, 0.15) is 0 Å². The molecule has 0 spiro atoms. The molecule has 6 nitrogen and oxygen atoms in total. The van der Waals surface area contributed by atoms with Crippen molar-refractivity contribution in [3.63, 3.8) is 0 Å². The summed E-state index contributed by atoms with van der Waals surface area (Å²) in [5.74, 6) is -0.552. The molecule has 0 rings (SSSR count). The Hall–Kier alpha value is -0.660. The van der Waals surface area contributed by atoms with E-state index in [1.807, 2.05) is 0 Å². The Morgan fingerprint density at radius 3 is 2.30 bits per heavy atom. The minimum atomic E-state index is -3.66. The summed E-state index contributed by atoms with van der Waals surface area (Å²) in [6, 6.07) is 0. The third kappa shape index (κ3) is 7.34. The molecular formula is C3H7NO5S. The number of hydrogen-bond donors (Lipinski definition) is 1. The van der Waals surface area contributed by atoms with Crippen molar-refractivity contribution in [2.24, 2.45) is 0 Å². The smallest absolute Gasteiger partial charge is 0.273 e. The van der Waals surface area contributed by atoms with Crippen LogP contribution in [0.15, 0.2) is 0 Å². The van der Waals surface area contributed by atoms with Gasteiger partial charge >= 0.3 is 0 Å². The van der Waals surface area contributed by atoms with E-state index in [-0.39, 0.29) is 0 Å². The summed E-state index contributed by atoms with van der Waals surface area (Å²) < 4.78 is 23.9. The van der Waals surface area contributed by atoms with Crippen molar-refractivity contribution < 1.29 is 22.5 Å². The van der Waals surface area contributed by atoms with Crippen LogP contribution in [0.4, 0.5) is 0 Å². The molecule has 0 aromatic rings. The maximum absolute atomic E-state index is 10.1. The summed E-state index contributed by atoms with van der Waals surface area (Å²) >= 11 is 0. The summed E-state index contributed by atoms with van der Waals surface area (Å²) in [4.78, 5) is 13.8. The molecule has 0 atom stereocenters. The van der Waals surface area contributed by atoms with Crippen LogP contribution < -0.4 is 5.48 Å². The second-order valence-electron chi connectivity index (χ2n) is 1.51. The number of amides is 1. The molecule has 0 aromatic heterocycles. The highest BCUT2D eigenvalue weighted by atomic mass is 32.2. The molecule has 0 aliphatic heterocycles. The molecule has 0 heterocycles. The van der Waals surface area contributed by atoms with E-state index in [1.54, 1.807) is 5.48 Å². The van der Waals surface area contributed by atoms with Gasteiger partial charge in [-0.3, -0.25) is 4.79 Å². The van der Waals surface area contributed by atoms with E-state index in [2.05, 4.69) is 9.32 Å². The summed E-state index contributed by atoms with van der Waals surface area (Å²) in [6.07, 6.45) is 0.787. The standard InChI is InChI=1S/C3H7NO5S/c1-3(5)4-8-9-10(2,6)7/h1-2H3,(H,4,5). The quantitative estimate of drug-likeness (QED) is 0.430. The maximum Gasteiger partial charge on any atom is 0.292 e. The van der Waals surface area contributed by atoms with Crippen LogP contribution in [-0.2, 0) is 24.2 Å². The number of carbonyl (C=O) groups is 1. The molecule has 10 heavy (non-hydrogen) atoms. The summed E-state index contributed by atoms with van der Waals surface area (Å²) in [6.45, 7) is 1.14. The molecule has 0 bridgehead atoms. The van der Waals surface area contributed by atoms with Crippen molar-refractivity contribution in [1.82, 2.24) is 5.48 Å². The van der Waals surface area contributed by atoms with Crippen molar-refractivity contribution >= 4 is 16.0 Å². The topological polar surface area (TPSA) is 81.7 Å². The van der Waals surface area contributed by atoms with E-state index >= 15 is 0 Å². The van der Waals surface area contributed by atoms with Crippen molar-refractivity contribution in [3.05, 3.63) is 0 Å². The van der Waals surface area contributed by atoms with Crippen LogP contribution in [0.5, 0.6) is 0 Å². The molecule has 0 aliphatic rings. The highest BCUT2D eigenvalue weighted by Gasteiger charge is 2.02. The predicted molar refractivity (Wildman–Crippen MR) is 30.8 cm³/mol. The Balaban J connectivity index is 3.49. The van der Waals surface area contributed by atoms with Crippen LogP contribution in [0.25, 0.3) is 0 Å². The Bertz CT molecular complexity index is 207. The van der Waals surface area contributed by atoms with E-state index in [9.17, 15) is 13.2 Å². The van der Waals surface area contributed by atoms with E-state index < -0.39 is 16.0 Å². The Morgan fingerprint density at radius 1 is 1.50 bits per heavy atom. The first-order valence-electron chi connectivity index (χ1n) is 2.23. The lowest BCUT2D eigenvalue weighted by Gasteiger charge is -1.97. The van der Waals surface area contributed by atoms with Crippen LogP contribution >= 0.6 is 0 Å². The number of nitrogens with one attached hydrogen (secondary N) is 1. The molecule has 1 N–H and O–H groups in total. The van der Waals surface area contributed by atoms with Gasteiger partial charge in [-0.25, -0.2) is 5.48 Å². The third-order valence-electron chi connectivity index (χ3n) is 0.343. The van der Waals surface area contributed by atoms with Crippen LogP contribution in [0.1, 0.15) is 6.92 Å². The molecule has 0 aliphatic carbocycles. The fraction of sp³-hybridized carbons (Fsp3) is 0.667. The minimum Gasteiger partial charge on any atom is -0.273 e. The first-order valence-corrected chi connectivity index (χ1v) is 4.05. The van der Waals surface area contributed by atoms with Gasteiger partial charge in [-0.05, 0) is 0 Å². The van der Waals surface area contributed by atoms with Gasteiger partial charge < -0.3 is 0 Å². The fourth-order valence-electron chi connectivity index (χ4n) is 0.137. The lowest BCUT2D eigenvalue weighted by Crippen LogP contribution is -2.22. The monoisotopic (exact) mass is 169 g/mol. The highest BCUT2D eigenvalue weighted by molar-refractivity contribution is 7.85. The number of rotatable bonds is 3. The number of carbonyl (C=O) groups excluding carboxylic acids is 1. The predicted octanol–water partition coefficient (Wildman–Crippen LogP) is -1.05. The number of hydroxylamine groups is 1. The van der Waals surface area contributed by atoms with Gasteiger partial charge in [0.15, 0.2) is 0 Å². The summed E-state index contributed by atoms with van der Waals surface area (Å²) in [5.41, 5.74) is 1.66. The highest BCUT2D eigenvalue weighted by Crippen LogP contribution is 1.83. The van der Waals surface area contributed by atoms with Crippen LogP contribution in [0, 0.1) is 0 Å². The van der Waals surface area contributed by atoms with Crippen LogP contribution in [0.3, 0.4) is 0 Å². The van der Waals surface area contributed by atoms with Crippen molar-refractivity contribution in [2.45, 2.75) is 6.92 Å². The molecule has 0 fully saturated rings. The van der Waals surface area contributed by atoms with Crippen molar-refractivity contribution in [2.75, 3.05) is 6.26 Å². The molecule has 1 amide bonds. The van der Waals surface area contributed by atoms with E-state index in [0.29, 0.717) is 0 Å². The zero-order valence-electron chi connectivity index (χ0n) is 5.45. The molecule has 7 heteroatoms. The molecule has 60 valence electrons. The zero-order chi connectivity index (χ0) is 8.20. The Labute approximate surface area is 58.1 Å². The second-order valence-corrected chi connectivity index (χ2v) is 3.06. The van der Waals surface area contributed by atoms with Gasteiger partial charge in [-0.15, -0.1) is 0 Å². The largest absolute Gasteiger partial charge is 0.292 e. The number of hydrogen-bond acceptors (Lipinski definition) is 5. The van der Waals surface area contributed by atoms with Gasteiger partial charge in [-0.1, -0.05) is 9.32 Å².